The molecule has 0 spiro atoms. The average Bonchev–Trinajstić information content (AvgIpc) is 3.31. The molecule has 2 heterocycles. The van der Waals surface area contributed by atoms with Gasteiger partial charge in [-0.15, -0.1) is 0 Å². The molecule has 0 radical (unpaired) electrons. The molecule has 0 atom stereocenters. The number of nitrogens with zero attached hydrogens (tertiary/aromatic N) is 4. The second-order valence-corrected chi connectivity index (χ2v) is 5.87. The standard InChI is InChI=1S/C14H13F5N6O/c1-6-9(5-25(24-6)14(18,19)11(20)26)22-12-21-4-8(13(15,16)17)10(23-12)7-2-3-7/h4-5,7H,2-3H2,1H3,(H2,20,26)(H,21,22,23). The summed E-state index contributed by atoms with van der Waals surface area (Å²) < 4.78 is 66.4. The zero-order chi connectivity index (χ0) is 19.3. The monoisotopic (exact) mass is 376 g/mol. The maximum Gasteiger partial charge on any atom is 0.422 e. The number of hydrogen-bond donors (Lipinski definition) is 2. The molecule has 0 unspecified atom stereocenters. The summed E-state index contributed by atoms with van der Waals surface area (Å²) in [5.41, 5.74) is 3.64. The van der Waals surface area contributed by atoms with Gasteiger partial charge in [0.1, 0.15) is 0 Å². The third-order valence-electron chi connectivity index (χ3n) is 3.82. The molecular weight excluding hydrogens is 363 g/mol. The zero-order valence-electron chi connectivity index (χ0n) is 13.3. The van der Waals surface area contributed by atoms with Crippen molar-refractivity contribution in [3.63, 3.8) is 0 Å². The van der Waals surface area contributed by atoms with Crippen molar-refractivity contribution in [2.75, 3.05) is 5.32 Å². The van der Waals surface area contributed by atoms with E-state index in [0.29, 0.717) is 19.0 Å². The molecule has 3 N–H and O–H groups in total. The SMILES string of the molecule is Cc1nn(C(F)(F)C(N)=O)cc1Nc1ncc(C(F)(F)F)c(C2CC2)n1. The van der Waals surface area contributed by atoms with E-state index in [9.17, 15) is 26.7 Å². The van der Waals surface area contributed by atoms with Crippen LogP contribution in [0.25, 0.3) is 0 Å². The summed E-state index contributed by atoms with van der Waals surface area (Å²) in [4.78, 5) is 18.3. The Morgan fingerprint density at radius 1 is 1.31 bits per heavy atom. The first kappa shape index (κ1) is 18.0. The van der Waals surface area contributed by atoms with Crippen molar-refractivity contribution in [3.8, 4) is 0 Å². The number of carbonyl (C=O) groups is 1. The molecule has 1 saturated carbocycles. The Morgan fingerprint density at radius 3 is 2.50 bits per heavy atom. The molecular formula is C14H13F5N6O. The fraction of sp³-hybridized carbons (Fsp3) is 0.429. The lowest BCUT2D eigenvalue weighted by Crippen LogP contribution is -2.38. The van der Waals surface area contributed by atoms with Gasteiger partial charge in [-0.2, -0.15) is 31.7 Å². The molecule has 0 aliphatic heterocycles. The van der Waals surface area contributed by atoms with Crippen LogP contribution in [0.3, 0.4) is 0 Å². The Hall–Kier alpha value is -2.79. The van der Waals surface area contributed by atoms with Gasteiger partial charge in [-0.1, -0.05) is 0 Å². The van der Waals surface area contributed by atoms with Crippen LogP contribution >= 0.6 is 0 Å². The summed E-state index contributed by atoms with van der Waals surface area (Å²) in [6.07, 6.45) is -1.96. The molecule has 0 bridgehead atoms. The fourth-order valence-electron chi connectivity index (χ4n) is 2.30. The number of aromatic nitrogens is 4. The zero-order valence-corrected chi connectivity index (χ0v) is 13.3. The van der Waals surface area contributed by atoms with Crippen molar-refractivity contribution >= 4 is 17.5 Å². The molecule has 140 valence electrons. The highest BCUT2D eigenvalue weighted by Crippen LogP contribution is 2.45. The van der Waals surface area contributed by atoms with E-state index >= 15 is 0 Å². The number of halogens is 5. The summed E-state index contributed by atoms with van der Waals surface area (Å²) in [5.74, 6) is -2.39. The average molecular weight is 376 g/mol. The normalized spacial score (nSPS) is 15.2. The summed E-state index contributed by atoms with van der Waals surface area (Å²) in [5, 5.41) is 6.04. The van der Waals surface area contributed by atoms with E-state index in [2.05, 4.69) is 26.1 Å². The number of hydrogen-bond acceptors (Lipinski definition) is 5. The van der Waals surface area contributed by atoms with Crippen LogP contribution in [0.15, 0.2) is 12.4 Å². The number of aryl methyl sites for hydroxylation is 1. The lowest BCUT2D eigenvalue weighted by Gasteiger charge is -2.13. The largest absolute Gasteiger partial charge is 0.422 e. The van der Waals surface area contributed by atoms with Crippen LogP contribution < -0.4 is 11.1 Å². The molecule has 0 aromatic carbocycles. The van der Waals surface area contributed by atoms with E-state index in [1.165, 1.54) is 6.92 Å². The highest BCUT2D eigenvalue weighted by molar-refractivity contribution is 5.79. The number of anilines is 2. The predicted molar refractivity (Wildman–Crippen MR) is 78.6 cm³/mol. The highest BCUT2D eigenvalue weighted by atomic mass is 19.4. The molecule has 1 aliphatic rings. The van der Waals surface area contributed by atoms with Crippen LogP contribution in [0.4, 0.5) is 33.6 Å². The van der Waals surface area contributed by atoms with Gasteiger partial charge in [0.15, 0.2) is 0 Å². The fourth-order valence-corrected chi connectivity index (χ4v) is 2.30. The Balaban J connectivity index is 1.92. The Kier molecular flexibility index (Phi) is 4.08. The van der Waals surface area contributed by atoms with Gasteiger partial charge in [0.05, 0.1) is 28.8 Å². The van der Waals surface area contributed by atoms with Gasteiger partial charge >= 0.3 is 18.1 Å². The van der Waals surface area contributed by atoms with Crippen molar-refractivity contribution in [2.45, 2.75) is 37.9 Å². The minimum atomic E-state index is -4.58. The van der Waals surface area contributed by atoms with E-state index in [-0.39, 0.29) is 33.6 Å². The predicted octanol–water partition coefficient (Wildman–Crippen LogP) is 2.66. The minimum absolute atomic E-state index is 0.00688. The number of carbonyl (C=O) groups excluding carboxylic acids is 1. The maximum atomic E-state index is 13.6. The summed E-state index contributed by atoms with van der Waals surface area (Å²) in [6, 6.07) is -4.05. The van der Waals surface area contributed by atoms with Crippen molar-refractivity contribution in [1.82, 2.24) is 19.7 Å². The van der Waals surface area contributed by atoms with Crippen molar-refractivity contribution in [1.29, 1.82) is 0 Å². The van der Waals surface area contributed by atoms with Gasteiger partial charge < -0.3 is 11.1 Å². The van der Waals surface area contributed by atoms with Crippen LogP contribution in [-0.2, 0) is 17.0 Å². The molecule has 1 aliphatic carbocycles. The first-order valence-corrected chi connectivity index (χ1v) is 7.45. The van der Waals surface area contributed by atoms with E-state index in [1.54, 1.807) is 0 Å². The van der Waals surface area contributed by atoms with Crippen LogP contribution in [-0.4, -0.2) is 25.7 Å². The molecule has 12 heteroatoms. The number of amides is 1. The third kappa shape index (κ3) is 3.30. The number of primary amides is 1. The number of nitrogens with one attached hydrogen (secondary N) is 1. The van der Waals surface area contributed by atoms with Crippen molar-refractivity contribution in [3.05, 3.63) is 29.3 Å². The van der Waals surface area contributed by atoms with E-state index in [4.69, 9.17) is 0 Å². The number of rotatable bonds is 5. The highest BCUT2D eigenvalue weighted by Gasteiger charge is 2.41. The Bertz CT molecular complexity index is 858. The molecule has 2 aromatic rings. The molecule has 2 aromatic heterocycles. The van der Waals surface area contributed by atoms with E-state index in [1.807, 2.05) is 0 Å². The van der Waals surface area contributed by atoms with Crippen LogP contribution in [0.1, 0.15) is 35.7 Å². The lowest BCUT2D eigenvalue weighted by atomic mass is 10.1. The van der Waals surface area contributed by atoms with Crippen LogP contribution in [0.5, 0.6) is 0 Å². The molecule has 1 amide bonds. The Labute approximate surface area is 143 Å². The van der Waals surface area contributed by atoms with Crippen molar-refractivity contribution < 1.29 is 26.7 Å². The van der Waals surface area contributed by atoms with Gasteiger partial charge in [-0.05, 0) is 19.8 Å². The molecule has 26 heavy (non-hydrogen) atoms. The summed E-state index contributed by atoms with van der Waals surface area (Å²) in [7, 11) is 0. The van der Waals surface area contributed by atoms with Gasteiger partial charge in [-0.25, -0.2) is 9.97 Å². The summed E-state index contributed by atoms with van der Waals surface area (Å²) in [6.45, 7) is 1.36. The topological polar surface area (TPSA) is 98.7 Å². The van der Waals surface area contributed by atoms with E-state index in [0.717, 1.165) is 6.20 Å². The van der Waals surface area contributed by atoms with Crippen molar-refractivity contribution in [2.24, 2.45) is 5.73 Å². The lowest BCUT2D eigenvalue weighted by molar-refractivity contribution is -0.159. The molecule has 7 nitrogen and oxygen atoms in total. The first-order chi connectivity index (χ1) is 12.0. The number of alkyl halides is 5. The van der Waals surface area contributed by atoms with Gasteiger partial charge in [0.25, 0.3) is 0 Å². The quantitative estimate of drug-likeness (QED) is 0.782. The molecule has 0 saturated heterocycles. The van der Waals surface area contributed by atoms with Gasteiger partial charge in [0.2, 0.25) is 5.95 Å². The summed E-state index contributed by atoms with van der Waals surface area (Å²) >= 11 is 0. The minimum Gasteiger partial charge on any atom is -0.363 e. The van der Waals surface area contributed by atoms with Gasteiger partial charge in [-0.3, -0.25) is 4.79 Å². The van der Waals surface area contributed by atoms with E-state index < -0.39 is 23.7 Å². The van der Waals surface area contributed by atoms with Gasteiger partial charge in [0, 0.05) is 12.1 Å². The maximum absolute atomic E-state index is 13.6. The number of nitrogens with two attached hydrogens (primary N) is 1. The second-order valence-electron chi connectivity index (χ2n) is 5.87. The van der Waals surface area contributed by atoms with Crippen LogP contribution in [0.2, 0.25) is 0 Å². The molecule has 1 fully saturated rings. The third-order valence-corrected chi connectivity index (χ3v) is 3.82. The first-order valence-electron chi connectivity index (χ1n) is 7.45. The molecule has 3 rings (SSSR count). The smallest absolute Gasteiger partial charge is 0.363 e. The second kappa shape index (κ2) is 5.88. The Morgan fingerprint density at radius 2 is 1.96 bits per heavy atom. The van der Waals surface area contributed by atoms with Crippen LogP contribution in [0, 0.1) is 6.92 Å².